The van der Waals surface area contributed by atoms with E-state index < -0.39 is 0 Å². The predicted molar refractivity (Wildman–Crippen MR) is 261 cm³/mol. The van der Waals surface area contributed by atoms with Crippen LogP contribution in [0, 0.1) is 0 Å². The molecule has 0 aliphatic heterocycles. The molecule has 61 heavy (non-hydrogen) atoms. The molecule has 0 amide bonds. The second-order valence-corrected chi connectivity index (χ2v) is 17.2. The lowest BCUT2D eigenvalue weighted by Gasteiger charge is -2.30. The summed E-state index contributed by atoms with van der Waals surface area (Å²) in [4.78, 5) is 0. The minimum atomic E-state index is -0.309. The van der Waals surface area contributed by atoms with Gasteiger partial charge in [0.1, 0.15) is 0 Å². The quantitative estimate of drug-likeness (QED) is 0.148. The predicted octanol–water partition coefficient (Wildman–Crippen LogP) is 16.1. The number of thiophene rings is 1. The Labute approximate surface area is 362 Å². The van der Waals surface area contributed by atoms with E-state index >= 15 is 0 Å². The second-order valence-electron chi connectivity index (χ2n) is 16.2. The van der Waals surface area contributed by atoms with Crippen LogP contribution in [0.4, 0.5) is 0 Å². The van der Waals surface area contributed by atoms with Crippen molar-refractivity contribution in [2.24, 2.45) is 0 Å². The summed E-state index contributed by atoms with van der Waals surface area (Å²) in [6, 6.07) is 68.3. The number of hydrogen-bond donors (Lipinski definition) is 0. The lowest BCUT2D eigenvalue weighted by Crippen LogP contribution is -2.26. The summed E-state index contributed by atoms with van der Waals surface area (Å²) in [7, 11) is 0. The molecular formula is C59H45NS. The van der Waals surface area contributed by atoms with Crippen molar-refractivity contribution in [3.63, 3.8) is 0 Å². The van der Waals surface area contributed by atoms with Gasteiger partial charge in [0.25, 0.3) is 0 Å². The van der Waals surface area contributed by atoms with E-state index in [1.165, 1.54) is 104 Å². The van der Waals surface area contributed by atoms with Crippen molar-refractivity contribution in [2.75, 3.05) is 0 Å². The minimum absolute atomic E-state index is 0.309. The van der Waals surface area contributed by atoms with Gasteiger partial charge < -0.3 is 4.57 Å². The lowest BCUT2D eigenvalue weighted by molar-refractivity contribution is 0.792. The van der Waals surface area contributed by atoms with Gasteiger partial charge in [-0.25, -0.2) is 0 Å². The van der Waals surface area contributed by atoms with Gasteiger partial charge >= 0.3 is 0 Å². The van der Waals surface area contributed by atoms with Gasteiger partial charge in [0.2, 0.25) is 0 Å². The standard InChI is InChI=1S/C52H33NS.C7H12/c1-2-10-38(11-3-1)53-49-25-23-36(30-43(49)44-32-51-37(26-27-54-51)31-50(44)53)35-21-18-33(19-22-35)28-34-20-24-42-41-14-6-9-17-47(41)52(48(42)29-34)45-15-7-4-12-39(45)40-13-5-8-16-46(40)52;1-3-5-7-6-4-2/h1-27,29-32H,28H2;3,5-7H,4H2,1-2H3/b;5-3-,7-6-. The highest BCUT2D eigenvalue weighted by atomic mass is 32.1. The third-order valence-electron chi connectivity index (χ3n) is 12.8. The smallest absolute Gasteiger partial charge is 0.0725 e. The van der Waals surface area contributed by atoms with Gasteiger partial charge in [-0.2, -0.15) is 0 Å². The molecule has 0 fully saturated rings. The average molecular weight is 800 g/mol. The Balaban J connectivity index is 0.000000556. The monoisotopic (exact) mass is 799 g/mol. The molecule has 0 saturated carbocycles. The Morgan fingerprint density at radius 2 is 1.11 bits per heavy atom. The first-order valence-electron chi connectivity index (χ1n) is 21.5. The van der Waals surface area contributed by atoms with Crippen LogP contribution in [-0.4, -0.2) is 4.57 Å². The zero-order valence-corrected chi connectivity index (χ0v) is 35.3. The zero-order valence-electron chi connectivity index (χ0n) is 34.5. The van der Waals surface area contributed by atoms with E-state index in [0.717, 1.165) is 12.8 Å². The molecular weight excluding hydrogens is 755 g/mol. The van der Waals surface area contributed by atoms with Crippen LogP contribution in [0.3, 0.4) is 0 Å². The molecule has 292 valence electrons. The Hall–Kier alpha value is -7.00. The highest BCUT2D eigenvalue weighted by Gasteiger charge is 2.51. The molecule has 2 aromatic heterocycles. The molecule has 0 saturated heterocycles. The fraction of sp³-hybridized carbons (Fsp3) is 0.0847. The molecule has 0 bridgehead atoms. The van der Waals surface area contributed by atoms with Crippen LogP contribution in [0.2, 0.25) is 0 Å². The fourth-order valence-electron chi connectivity index (χ4n) is 10.1. The number of allylic oxidation sites excluding steroid dienone is 4. The van der Waals surface area contributed by atoms with E-state index in [4.69, 9.17) is 0 Å². The van der Waals surface area contributed by atoms with E-state index in [2.05, 4.69) is 211 Å². The lowest BCUT2D eigenvalue weighted by atomic mass is 9.70. The zero-order chi connectivity index (χ0) is 40.9. The summed E-state index contributed by atoms with van der Waals surface area (Å²) in [6.07, 6.45) is 10.2. The van der Waals surface area contributed by atoms with Gasteiger partial charge in [0.05, 0.1) is 16.4 Å². The van der Waals surface area contributed by atoms with Gasteiger partial charge in [-0.15, -0.1) is 11.3 Å². The van der Waals surface area contributed by atoms with Crippen LogP contribution in [0.25, 0.3) is 71.0 Å². The van der Waals surface area contributed by atoms with Crippen molar-refractivity contribution in [3.8, 4) is 39.1 Å². The van der Waals surface area contributed by atoms with Crippen LogP contribution < -0.4 is 0 Å². The van der Waals surface area contributed by atoms with E-state index in [9.17, 15) is 0 Å². The number of para-hydroxylation sites is 1. The van der Waals surface area contributed by atoms with Crippen molar-refractivity contribution in [2.45, 2.75) is 32.1 Å². The van der Waals surface area contributed by atoms with Crippen LogP contribution in [0.1, 0.15) is 53.6 Å². The SMILES string of the molecule is C/C=C\C=C/CC.c1ccc(-n2c3ccc(-c4ccc(Cc5ccc6c(c5)C5(c7ccccc7-c7ccccc75)c5ccccc5-6)cc4)cc3c3cc4sccc4cc32)cc1. The maximum Gasteiger partial charge on any atom is 0.0725 e. The molecule has 0 unspecified atom stereocenters. The van der Waals surface area contributed by atoms with E-state index in [-0.39, 0.29) is 5.41 Å². The molecule has 1 nitrogen and oxygen atoms in total. The van der Waals surface area contributed by atoms with Gasteiger partial charge in [0, 0.05) is 21.2 Å². The summed E-state index contributed by atoms with van der Waals surface area (Å²) < 4.78 is 3.74. The Kier molecular flexibility index (Phi) is 9.25. The van der Waals surface area contributed by atoms with Gasteiger partial charge in [0.15, 0.2) is 0 Å². The summed E-state index contributed by atoms with van der Waals surface area (Å²) in [5.74, 6) is 0. The number of hydrogen-bond acceptors (Lipinski definition) is 1. The van der Waals surface area contributed by atoms with Crippen molar-refractivity contribution in [1.82, 2.24) is 4.57 Å². The van der Waals surface area contributed by atoms with Gasteiger partial charge in [-0.3, -0.25) is 0 Å². The first-order chi connectivity index (χ1) is 30.2. The molecule has 12 rings (SSSR count). The largest absolute Gasteiger partial charge is 0.309 e. The molecule has 2 aliphatic carbocycles. The molecule has 2 heteroatoms. The van der Waals surface area contributed by atoms with E-state index in [0.29, 0.717) is 0 Å². The van der Waals surface area contributed by atoms with Crippen molar-refractivity contribution >= 4 is 43.2 Å². The van der Waals surface area contributed by atoms with Gasteiger partial charge in [-0.05, 0) is 140 Å². The first kappa shape index (κ1) is 37.0. The number of aromatic nitrogens is 1. The summed E-state index contributed by atoms with van der Waals surface area (Å²) in [5, 5.41) is 6.07. The summed E-state index contributed by atoms with van der Waals surface area (Å²) in [5.41, 5.74) is 19.5. The Morgan fingerprint density at radius 3 is 1.79 bits per heavy atom. The normalized spacial score (nSPS) is 13.2. The van der Waals surface area contributed by atoms with Crippen LogP contribution >= 0.6 is 11.3 Å². The minimum Gasteiger partial charge on any atom is -0.309 e. The van der Waals surface area contributed by atoms with Gasteiger partial charge in [-0.1, -0.05) is 171 Å². The second kappa shape index (κ2) is 15.2. The van der Waals surface area contributed by atoms with Crippen LogP contribution in [-0.2, 0) is 11.8 Å². The fourth-order valence-corrected chi connectivity index (χ4v) is 10.9. The molecule has 0 radical (unpaired) electrons. The highest BCUT2D eigenvalue weighted by Crippen LogP contribution is 2.62. The third-order valence-corrected chi connectivity index (χ3v) is 13.7. The first-order valence-corrected chi connectivity index (χ1v) is 22.4. The summed E-state index contributed by atoms with van der Waals surface area (Å²) >= 11 is 1.81. The maximum atomic E-state index is 2.50. The Morgan fingerprint density at radius 1 is 0.508 bits per heavy atom. The molecule has 0 N–H and O–H groups in total. The molecule has 8 aromatic carbocycles. The number of fused-ring (bicyclic) bond motifs is 14. The Bertz CT molecular complexity index is 3260. The van der Waals surface area contributed by atoms with Crippen LogP contribution in [0.15, 0.2) is 212 Å². The van der Waals surface area contributed by atoms with Crippen LogP contribution in [0.5, 0.6) is 0 Å². The average Bonchev–Trinajstić information content (AvgIpc) is 4.06. The van der Waals surface area contributed by atoms with E-state index in [1.807, 2.05) is 30.4 Å². The van der Waals surface area contributed by atoms with Crippen molar-refractivity contribution < 1.29 is 0 Å². The molecule has 10 aromatic rings. The van der Waals surface area contributed by atoms with Crippen molar-refractivity contribution in [1.29, 1.82) is 0 Å². The number of rotatable bonds is 6. The third kappa shape index (κ3) is 5.97. The molecule has 2 aliphatic rings. The van der Waals surface area contributed by atoms with Crippen molar-refractivity contribution in [3.05, 3.63) is 245 Å². The number of benzene rings is 8. The molecule has 0 atom stereocenters. The maximum absolute atomic E-state index is 2.50. The molecule has 1 spiro atoms. The summed E-state index contributed by atoms with van der Waals surface area (Å²) in [6.45, 7) is 4.14. The highest BCUT2D eigenvalue weighted by molar-refractivity contribution is 7.17. The molecule has 2 heterocycles. The van der Waals surface area contributed by atoms with E-state index in [1.54, 1.807) is 0 Å². The number of nitrogens with zero attached hydrogens (tertiary/aromatic N) is 1. The topological polar surface area (TPSA) is 4.93 Å².